The quantitative estimate of drug-likeness (QED) is 0.918. The van der Waals surface area contributed by atoms with Gasteiger partial charge in [0.2, 0.25) is 0 Å². The van der Waals surface area contributed by atoms with E-state index in [0.717, 1.165) is 19.5 Å². The van der Waals surface area contributed by atoms with Crippen LogP contribution in [0.2, 0.25) is 0 Å². The van der Waals surface area contributed by atoms with Crippen LogP contribution in [0.4, 0.5) is 0 Å². The lowest BCUT2D eigenvalue weighted by Gasteiger charge is -2.27. The number of piperazine rings is 1. The van der Waals surface area contributed by atoms with Gasteiger partial charge >= 0.3 is 0 Å². The summed E-state index contributed by atoms with van der Waals surface area (Å²) in [7, 11) is 0. The summed E-state index contributed by atoms with van der Waals surface area (Å²) in [5, 5.41) is 3.40. The average molecular weight is 297 g/mol. The Morgan fingerprint density at radius 2 is 2.00 bits per heavy atom. The van der Waals surface area contributed by atoms with Crippen LogP contribution >= 0.6 is 15.9 Å². The van der Waals surface area contributed by atoms with Crippen molar-refractivity contribution < 1.29 is 0 Å². The molecule has 1 N–H and O–H groups in total. The molecule has 94 valence electrons. The maximum Gasteiger partial charge on any atom is 0.0178 e. The van der Waals surface area contributed by atoms with E-state index in [4.69, 9.17) is 0 Å². The summed E-state index contributed by atoms with van der Waals surface area (Å²) in [5.74, 6) is 0. The van der Waals surface area contributed by atoms with Crippen LogP contribution in [0.3, 0.4) is 0 Å². The summed E-state index contributed by atoms with van der Waals surface area (Å²) < 4.78 is 1.19. The molecule has 0 aliphatic carbocycles. The minimum atomic E-state index is 1.12. The van der Waals surface area contributed by atoms with E-state index in [1.807, 2.05) is 0 Å². The van der Waals surface area contributed by atoms with Crippen molar-refractivity contribution in [1.29, 1.82) is 0 Å². The molecule has 17 heavy (non-hydrogen) atoms. The molecule has 0 spiro atoms. The van der Waals surface area contributed by atoms with Crippen molar-refractivity contribution in [1.82, 2.24) is 10.2 Å². The van der Waals surface area contributed by atoms with Gasteiger partial charge in [-0.05, 0) is 36.1 Å². The van der Waals surface area contributed by atoms with Crippen molar-refractivity contribution in [3.63, 3.8) is 0 Å². The molecule has 0 saturated carbocycles. The van der Waals surface area contributed by atoms with E-state index in [-0.39, 0.29) is 0 Å². The minimum Gasteiger partial charge on any atom is -0.314 e. The third-order valence-electron chi connectivity index (χ3n) is 3.46. The molecule has 1 aliphatic heterocycles. The molecule has 2 rings (SSSR count). The highest BCUT2D eigenvalue weighted by molar-refractivity contribution is 9.10. The lowest BCUT2D eigenvalue weighted by atomic mass is 10.0. The second-order valence-electron chi connectivity index (χ2n) is 4.61. The number of nitrogens with zero attached hydrogens (tertiary/aromatic N) is 1. The molecule has 3 heteroatoms. The fourth-order valence-electron chi connectivity index (χ4n) is 2.38. The van der Waals surface area contributed by atoms with Gasteiger partial charge in [-0.3, -0.25) is 0 Å². The summed E-state index contributed by atoms with van der Waals surface area (Å²) in [6.45, 7) is 8.09. The van der Waals surface area contributed by atoms with Crippen molar-refractivity contribution in [2.75, 3.05) is 32.7 Å². The molecule has 1 aromatic rings. The van der Waals surface area contributed by atoms with Crippen LogP contribution < -0.4 is 5.32 Å². The van der Waals surface area contributed by atoms with Crippen LogP contribution in [-0.2, 0) is 12.8 Å². The predicted molar refractivity (Wildman–Crippen MR) is 76.5 cm³/mol. The molecule has 1 aliphatic rings. The van der Waals surface area contributed by atoms with Crippen LogP contribution in [0.25, 0.3) is 0 Å². The topological polar surface area (TPSA) is 15.3 Å². The largest absolute Gasteiger partial charge is 0.314 e. The van der Waals surface area contributed by atoms with Crippen molar-refractivity contribution >= 4 is 15.9 Å². The first-order chi connectivity index (χ1) is 8.29. The van der Waals surface area contributed by atoms with Crippen LogP contribution in [0.5, 0.6) is 0 Å². The van der Waals surface area contributed by atoms with Gasteiger partial charge in [0.25, 0.3) is 0 Å². The molecule has 0 aromatic heterocycles. The molecule has 0 radical (unpaired) electrons. The van der Waals surface area contributed by atoms with Crippen molar-refractivity contribution in [3.05, 3.63) is 33.8 Å². The van der Waals surface area contributed by atoms with Crippen LogP contribution in [0, 0.1) is 0 Å². The summed E-state index contributed by atoms with van der Waals surface area (Å²) in [5.41, 5.74) is 2.99. The zero-order chi connectivity index (χ0) is 12.1. The first-order valence-electron chi connectivity index (χ1n) is 6.50. The van der Waals surface area contributed by atoms with Gasteiger partial charge in [-0.2, -0.15) is 0 Å². The highest BCUT2D eigenvalue weighted by Crippen LogP contribution is 2.18. The van der Waals surface area contributed by atoms with E-state index in [2.05, 4.69) is 51.3 Å². The number of benzene rings is 1. The van der Waals surface area contributed by atoms with E-state index >= 15 is 0 Å². The van der Waals surface area contributed by atoms with Gasteiger partial charge in [0.15, 0.2) is 0 Å². The molecule has 1 heterocycles. The maximum atomic E-state index is 3.55. The van der Waals surface area contributed by atoms with Crippen LogP contribution in [0.1, 0.15) is 18.1 Å². The third kappa shape index (κ3) is 3.80. The number of rotatable bonds is 4. The first kappa shape index (κ1) is 13.1. The van der Waals surface area contributed by atoms with Crippen molar-refractivity contribution in [3.8, 4) is 0 Å². The lowest BCUT2D eigenvalue weighted by Crippen LogP contribution is -2.44. The summed E-state index contributed by atoms with van der Waals surface area (Å²) in [6, 6.07) is 6.68. The highest BCUT2D eigenvalue weighted by atomic mass is 79.9. The fraction of sp³-hybridized carbons (Fsp3) is 0.571. The van der Waals surface area contributed by atoms with Gasteiger partial charge in [-0.1, -0.05) is 28.9 Å². The van der Waals surface area contributed by atoms with E-state index < -0.39 is 0 Å². The van der Waals surface area contributed by atoms with E-state index in [1.54, 1.807) is 0 Å². The first-order valence-corrected chi connectivity index (χ1v) is 7.29. The van der Waals surface area contributed by atoms with E-state index in [1.165, 1.54) is 41.7 Å². The SMILES string of the molecule is CCc1cc(Br)ccc1CCN1CCNCC1. The standard InChI is InChI=1S/C14H21BrN2/c1-2-12-11-14(15)4-3-13(12)5-8-17-9-6-16-7-10-17/h3-4,11,16H,2,5-10H2,1H3. The Morgan fingerprint density at radius 1 is 1.24 bits per heavy atom. The Morgan fingerprint density at radius 3 is 2.71 bits per heavy atom. The molecular formula is C14H21BrN2. The van der Waals surface area contributed by atoms with Crippen molar-refractivity contribution in [2.24, 2.45) is 0 Å². The maximum absolute atomic E-state index is 3.55. The number of halogens is 1. The molecule has 1 fully saturated rings. The summed E-state index contributed by atoms with van der Waals surface area (Å²) in [6.07, 6.45) is 2.30. The Balaban J connectivity index is 1.93. The van der Waals surface area contributed by atoms with E-state index in [9.17, 15) is 0 Å². The molecular weight excluding hydrogens is 276 g/mol. The van der Waals surface area contributed by atoms with Gasteiger partial charge in [0, 0.05) is 37.2 Å². The van der Waals surface area contributed by atoms with Crippen LogP contribution in [0.15, 0.2) is 22.7 Å². The molecule has 2 nitrogen and oxygen atoms in total. The summed E-state index contributed by atoms with van der Waals surface area (Å²) >= 11 is 3.55. The molecule has 0 amide bonds. The number of hydrogen-bond donors (Lipinski definition) is 1. The molecule has 1 saturated heterocycles. The van der Waals surface area contributed by atoms with E-state index in [0.29, 0.717) is 0 Å². The second kappa shape index (κ2) is 6.53. The monoisotopic (exact) mass is 296 g/mol. The van der Waals surface area contributed by atoms with Gasteiger partial charge < -0.3 is 10.2 Å². The summed E-state index contributed by atoms with van der Waals surface area (Å²) in [4.78, 5) is 2.55. The van der Waals surface area contributed by atoms with Gasteiger partial charge in [0.1, 0.15) is 0 Å². The van der Waals surface area contributed by atoms with Gasteiger partial charge in [-0.15, -0.1) is 0 Å². The Hall–Kier alpha value is -0.380. The number of nitrogens with one attached hydrogen (secondary N) is 1. The smallest absolute Gasteiger partial charge is 0.0178 e. The predicted octanol–water partition coefficient (Wildman–Crippen LogP) is 2.46. The lowest BCUT2D eigenvalue weighted by molar-refractivity contribution is 0.244. The van der Waals surface area contributed by atoms with Gasteiger partial charge in [-0.25, -0.2) is 0 Å². The molecule has 0 atom stereocenters. The zero-order valence-corrected chi connectivity index (χ0v) is 12.1. The Bertz CT molecular complexity index is 359. The molecule has 0 bridgehead atoms. The normalized spacial score (nSPS) is 17.3. The fourth-order valence-corrected chi connectivity index (χ4v) is 2.79. The molecule has 1 aromatic carbocycles. The van der Waals surface area contributed by atoms with Crippen LogP contribution in [-0.4, -0.2) is 37.6 Å². The number of aryl methyl sites for hydroxylation is 1. The minimum absolute atomic E-state index is 1.12. The van der Waals surface area contributed by atoms with Crippen molar-refractivity contribution in [2.45, 2.75) is 19.8 Å². The third-order valence-corrected chi connectivity index (χ3v) is 3.95. The molecule has 0 unspecified atom stereocenters. The average Bonchev–Trinajstić information content (AvgIpc) is 2.38. The number of hydrogen-bond acceptors (Lipinski definition) is 2. The highest BCUT2D eigenvalue weighted by Gasteiger charge is 2.10. The zero-order valence-electron chi connectivity index (χ0n) is 10.5. The Labute approximate surface area is 113 Å². The second-order valence-corrected chi connectivity index (χ2v) is 5.52. The Kier molecular flexibility index (Phi) is 5.01. The van der Waals surface area contributed by atoms with Gasteiger partial charge in [0.05, 0.1) is 0 Å².